The number of hydrogen-bond acceptors (Lipinski definition) is 2. The van der Waals surface area contributed by atoms with Gasteiger partial charge in [0, 0.05) is 5.92 Å². The molecule has 2 aromatic carbocycles. The highest BCUT2D eigenvalue weighted by molar-refractivity contribution is 9.10. The number of aryl methyl sites for hydroxylation is 1. The molecule has 0 saturated carbocycles. The molecule has 0 spiro atoms. The van der Waals surface area contributed by atoms with Crippen molar-refractivity contribution in [2.45, 2.75) is 19.3 Å². The number of hydrogen-bond donors (Lipinski definition) is 1. The summed E-state index contributed by atoms with van der Waals surface area (Å²) in [7, 11) is 1.66. The molecule has 0 saturated heterocycles. The summed E-state index contributed by atoms with van der Waals surface area (Å²) in [6.07, 6.45) is 0.808. The number of aliphatic hydroxyl groups is 1. The quantitative estimate of drug-likeness (QED) is 0.892. The van der Waals surface area contributed by atoms with Gasteiger partial charge in [-0.25, -0.2) is 0 Å². The SMILES string of the molecule is COc1ccc(CC(CO)c2ccc(C)cc2)cc1Br. The lowest BCUT2D eigenvalue weighted by molar-refractivity contribution is 0.264. The lowest BCUT2D eigenvalue weighted by Crippen LogP contribution is -2.08. The lowest BCUT2D eigenvalue weighted by Gasteiger charge is -2.16. The van der Waals surface area contributed by atoms with Crippen molar-refractivity contribution in [2.24, 2.45) is 0 Å². The van der Waals surface area contributed by atoms with Crippen molar-refractivity contribution < 1.29 is 9.84 Å². The summed E-state index contributed by atoms with van der Waals surface area (Å²) in [6.45, 7) is 2.21. The molecule has 2 nitrogen and oxygen atoms in total. The third kappa shape index (κ3) is 3.62. The van der Waals surface area contributed by atoms with Crippen LogP contribution in [-0.4, -0.2) is 18.8 Å². The zero-order valence-corrected chi connectivity index (χ0v) is 13.4. The van der Waals surface area contributed by atoms with Crippen LogP contribution in [0.5, 0.6) is 5.75 Å². The van der Waals surface area contributed by atoms with Crippen molar-refractivity contribution >= 4 is 15.9 Å². The van der Waals surface area contributed by atoms with Crippen molar-refractivity contribution in [3.8, 4) is 5.75 Å². The Labute approximate surface area is 128 Å². The van der Waals surface area contributed by atoms with Crippen LogP contribution in [0.25, 0.3) is 0 Å². The van der Waals surface area contributed by atoms with Crippen LogP contribution in [0.15, 0.2) is 46.9 Å². The molecule has 0 bridgehead atoms. The molecule has 0 radical (unpaired) electrons. The Morgan fingerprint density at radius 1 is 1.15 bits per heavy atom. The molecular weight excluding hydrogens is 316 g/mol. The van der Waals surface area contributed by atoms with Crippen LogP contribution in [0.1, 0.15) is 22.6 Å². The van der Waals surface area contributed by atoms with Crippen LogP contribution in [-0.2, 0) is 6.42 Å². The van der Waals surface area contributed by atoms with Crippen LogP contribution in [0.2, 0.25) is 0 Å². The highest BCUT2D eigenvalue weighted by Gasteiger charge is 2.12. The van der Waals surface area contributed by atoms with E-state index in [4.69, 9.17) is 4.74 Å². The standard InChI is InChI=1S/C17H19BrO2/c1-12-3-6-14(7-4-12)15(11-19)9-13-5-8-17(20-2)16(18)10-13/h3-8,10,15,19H,9,11H2,1-2H3. The molecule has 0 aromatic heterocycles. The van der Waals surface area contributed by atoms with Crippen LogP contribution >= 0.6 is 15.9 Å². The molecule has 1 N–H and O–H groups in total. The second-order valence-corrected chi connectivity index (χ2v) is 5.82. The first-order valence-electron chi connectivity index (χ1n) is 6.64. The summed E-state index contributed by atoms with van der Waals surface area (Å²) in [4.78, 5) is 0. The zero-order valence-electron chi connectivity index (χ0n) is 11.8. The maximum Gasteiger partial charge on any atom is 0.133 e. The van der Waals surface area contributed by atoms with Crippen molar-refractivity contribution in [3.05, 3.63) is 63.6 Å². The van der Waals surface area contributed by atoms with E-state index in [-0.39, 0.29) is 12.5 Å². The predicted octanol–water partition coefficient (Wildman–Crippen LogP) is 4.08. The molecule has 106 valence electrons. The number of rotatable bonds is 5. The third-order valence-electron chi connectivity index (χ3n) is 3.47. The number of methoxy groups -OCH3 is 1. The van der Waals surface area contributed by atoms with Crippen molar-refractivity contribution in [2.75, 3.05) is 13.7 Å². The third-order valence-corrected chi connectivity index (χ3v) is 4.09. The molecule has 3 heteroatoms. The Balaban J connectivity index is 2.17. The lowest BCUT2D eigenvalue weighted by atomic mass is 9.92. The van der Waals surface area contributed by atoms with E-state index in [1.165, 1.54) is 16.7 Å². The number of aliphatic hydroxyl groups excluding tert-OH is 1. The van der Waals surface area contributed by atoms with Crippen LogP contribution in [0.3, 0.4) is 0 Å². The molecule has 0 amide bonds. The molecular formula is C17H19BrO2. The largest absolute Gasteiger partial charge is 0.496 e. The van der Waals surface area contributed by atoms with Crippen molar-refractivity contribution in [3.63, 3.8) is 0 Å². The molecule has 2 aromatic rings. The monoisotopic (exact) mass is 334 g/mol. The molecule has 1 atom stereocenters. The van der Waals surface area contributed by atoms with Gasteiger partial charge in [-0.3, -0.25) is 0 Å². The molecule has 0 fully saturated rings. The average Bonchev–Trinajstić information content (AvgIpc) is 2.46. The van der Waals surface area contributed by atoms with Gasteiger partial charge in [-0.05, 0) is 52.5 Å². The smallest absolute Gasteiger partial charge is 0.133 e. The van der Waals surface area contributed by atoms with Crippen LogP contribution in [0.4, 0.5) is 0 Å². The summed E-state index contributed by atoms with van der Waals surface area (Å²) in [5, 5.41) is 9.64. The van der Waals surface area contributed by atoms with Gasteiger partial charge in [0.05, 0.1) is 18.2 Å². The summed E-state index contributed by atoms with van der Waals surface area (Å²) in [6, 6.07) is 14.4. The fraction of sp³-hybridized carbons (Fsp3) is 0.294. The maximum absolute atomic E-state index is 9.64. The fourth-order valence-corrected chi connectivity index (χ4v) is 2.84. The van der Waals surface area contributed by atoms with E-state index in [1.807, 2.05) is 12.1 Å². The highest BCUT2D eigenvalue weighted by Crippen LogP contribution is 2.28. The summed E-state index contributed by atoms with van der Waals surface area (Å²) >= 11 is 3.50. The minimum absolute atomic E-state index is 0.121. The topological polar surface area (TPSA) is 29.5 Å². The van der Waals surface area contributed by atoms with E-state index in [0.29, 0.717) is 0 Å². The Morgan fingerprint density at radius 2 is 1.85 bits per heavy atom. The summed E-state index contributed by atoms with van der Waals surface area (Å²) in [5.41, 5.74) is 3.58. The van der Waals surface area contributed by atoms with Gasteiger partial charge in [0.1, 0.15) is 5.75 Å². The van der Waals surface area contributed by atoms with Gasteiger partial charge in [0.25, 0.3) is 0 Å². The maximum atomic E-state index is 9.64. The molecule has 0 aliphatic rings. The summed E-state index contributed by atoms with van der Waals surface area (Å²) in [5.74, 6) is 0.945. The van der Waals surface area contributed by atoms with Crippen molar-refractivity contribution in [1.29, 1.82) is 0 Å². The predicted molar refractivity (Wildman–Crippen MR) is 85.4 cm³/mol. The summed E-state index contributed by atoms with van der Waals surface area (Å²) < 4.78 is 6.18. The second-order valence-electron chi connectivity index (χ2n) is 4.96. The Kier molecular flexibility index (Phi) is 5.21. The first kappa shape index (κ1) is 15.1. The number of ether oxygens (including phenoxy) is 1. The Bertz CT molecular complexity index is 564. The van der Waals surface area contributed by atoms with Gasteiger partial charge in [-0.15, -0.1) is 0 Å². The van der Waals surface area contributed by atoms with E-state index in [0.717, 1.165) is 16.6 Å². The van der Waals surface area contributed by atoms with Gasteiger partial charge in [-0.1, -0.05) is 35.9 Å². The molecule has 0 aliphatic carbocycles. The highest BCUT2D eigenvalue weighted by atomic mass is 79.9. The van der Waals surface area contributed by atoms with Gasteiger partial charge in [-0.2, -0.15) is 0 Å². The Hall–Kier alpha value is -1.32. The minimum atomic E-state index is 0.121. The van der Waals surface area contributed by atoms with Gasteiger partial charge in [0.15, 0.2) is 0 Å². The van der Waals surface area contributed by atoms with Gasteiger partial charge < -0.3 is 9.84 Å². The minimum Gasteiger partial charge on any atom is -0.496 e. The number of halogens is 1. The first-order chi connectivity index (χ1) is 9.63. The van der Waals surface area contributed by atoms with E-state index < -0.39 is 0 Å². The average molecular weight is 335 g/mol. The van der Waals surface area contributed by atoms with Crippen molar-refractivity contribution in [1.82, 2.24) is 0 Å². The van der Waals surface area contributed by atoms with Gasteiger partial charge in [0.2, 0.25) is 0 Å². The van der Waals surface area contributed by atoms with Crippen LogP contribution in [0, 0.1) is 6.92 Å². The fourth-order valence-electron chi connectivity index (χ4n) is 2.25. The molecule has 0 heterocycles. The molecule has 0 aliphatic heterocycles. The van der Waals surface area contributed by atoms with E-state index in [2.05, 4.69) is 53.2 Å². The first-order valence-corrected chi connectivity index (χ1v) is 7.43. The Morgan fingerprint density at radius 3 is 2.40 bits per heavy atom. The van der Waals surface area contributed by atoms with E-state index in [1.54, 1.807) is 7.11 Å². The number of benzene rings is 2. The van der Waals surface area contributed by atoms with E-state index >= 15 is 0 Å². The van der Waals surface area contributed by atoms with Gasteiger partial charge >= 0.3 is 0 Å². The molecule has 1 unspecified atom stereocenters. The van der Waals surface area contributed by atoms with E-state index in [9.17, 15) is 5.11 Å². The molecule has 2 rings (SSSR count). The van der Waals surface area contributed by atoms with Crippen LogP contribution < -0.4 is 4.74 Å². The molecule has 20 heavy (non-hydrogen) atoms. The second kappa shape index (κ2) is 6.91. The normalized spacial score (nSPS) is 12.2. The zero-order chi connectivity index (χ0) is 14.5.